The molecule has 116 valence electrons. The zero-order valence-electron chi connectivity index (χ0n) is 12.5. The third-order valence-corrected chi connectivity index (χ3v) is 4.03. The summed E-state index contributed by atoms with van der Waals surface area (Å²) in [4.78, 5) is 12.9. The van der Waals surface area contributed by atoms with Crippen LogP contribution in [0.5, 0.6) is 5.88 Å². The number of ether oxygens (including phenoxy) is 1. The van der Waals surface area contributed by atoms with Gasteiger partial charge in [-0.2, -0.15) is 4.98 Å². The number of hydrogen-bond donors (Lipinski definition) is 2. The smallest absolute Gasteiger partial charge is 0.226 e. The highest BCUT2D eigenvalue weighted by atomic mass is 16.5. The van der Waals surface area contributed by atoms with Crippen LogP contribution >= 0.6 is 0 Å². The average Bonchev–Trinajstić information content (AvgIpc) is 2.52. The van der Waals surface area contributed by atoms with E-state index in [9.17, 15) is 5.11 Å². The van der Waals surface area contributed by atoms with Crippen molar-refractivity contribution in [3.63, 3.8) is 0 Å². The molecule has 22 heavy (non-hydrogen) atoms. The second-order valence-corrected chi connectivity index (χ2v) is 5.58. The van der Waals surface area contributed by atoms with Crippen LogP contribution in [0.1, 0.15) is 18.5 Å². The summed E-state index contributed by atoms with van der Waals surface area (Å²) < 4.78 is 5.13. The number of methoxy groups -OCH3 is 1. The second kappa shape index (κ2) is 6.70. The third-order valence-electron chi connectivity index (χ3n) is 4.03. The molecular weight excluding hydrogens is 280 g/mol. The van der Waals surface area contributed by atoms with Crippen molar-refractivity contribution in [2.24, 2.45) is 5.92 Å². The monoisotopic (exact) mass is 300 g/mol. The molecule has 2 aromatic rings. The first-order valence-electron chi connectivity index (χ1n) is 7.46. The Bertz CT molecular complexity index is 602. The van der Waals surface area contributed by atoms with Crippen molar-refractivity contribution >= 4 is 5.95 Å². The lowest BCUT2D eigenvalue weighted by atomic mass is 9.76. The van der Waals surface area contributed by atoms with Crippen LogP contribution in [0.4, 0.5) is 5.95 Å². The van der Waals surface area contributed by atoms with Crippen LogP contribution in [0, 0.1) is 5.92 Å². The highest BCUT2D eigenvalue weighted by Crippen LogP contribution is 2.32. The molecular formula is C16H20N4O2. The maximum atomic E-state index is 9.59. The second-order valence-electron chi connectivity index (χ2n) is 5.58. The molecule has 6 nitrogen and oxygen atoms in total. The summed E-state index contributed by atoms with van der Waals surface area (Å²) in [6, 6.07) is 7.76. The number of aromatic nitrogens is 3. The molecule has 2 aromatic heterocycles. The van der Waals surface area contributed by atoms with Gasteiger partial charge in [0.25, 0.3) is 0 Å². The van der Waals surface area contributed by atoms with Gasteiger partial charge in [0, 0.05) is 36.6 Å². The maximum Gasteiger partial charge on any atom is 0.226 e. The summed E-state index contributed by atoms with van der Waals surface area (Å²) in [5.74, 6) is 1.47. The molecule has 1 aliphatic rings. The summed E-state index contributed by atoms with van der Waals surface area (Å²) in [5.41, 5.74) is 1.02. The SMILES string of the molecule is COc1ccnc(N[C@@H](Cc2ccccn2)C2CC(O)C2)n1. The Labute approximate surface area is 129 Å². The highest BCUT2D eigenvalue weighted by Gasteiger charge is 2.34. The van der Waals surface area contributed by atoms with E-state index >= 15 is 0 Å². The van der Waals surface area contributed by atoms with Crippen molar-refractivity contribution in [2.75, 3.05) is 12.4 Å². The molecule has 3 rings (SSSR count). The number of hydrogen-bond acceptors (Lipinski definition) is 6. The summed E-state index contributed by atoms with van der Waals surface area (Å²) in [6.07, 6.45) is 5.65. The van der Waals surface area contributed by atoms with Gasteiger partial charge in [0.05, 0.1) is 13.2 Å². The number of rotatable bonds is 6. The van der Waals surface area contributed by atoms with Gasteiger partial charge in [0.2, 0.25) is 11.8 Å². The molecule has 0 aromatic carbocycles. The Morgan fingerprint density at radius 1 is 1.27 bits per heavy atom. The molecule has 1 saturated carbocycles. The van der Waals surface area contributed by atoms with Crippen LogP contribution < -0.4 is 10.1 Å². The fraction of sp³-hybridized carbons (Fsp3) is 0.438. The number of aliphatic hydroxyl groups excluding tert-OH is 1. The molecule has 0 amide bonds. The average molecular weight is 300 g/mol. The Kier molecular flexibility index (Phi) is 4.48. The van der Waals surface area contributed by atoms with E-state index in [1.807, 2.05) is 18.2 Å². The van der Waals surface area contributed by atoms with Crippen LogP contribution in [0.15, 0.2) is 36.7 Å². The standard InChI is InChI=1S/C16H20N4O2/c1-22-15-5-7-18-16(20-15)19-14(11-8-13(21)9-11)10-12-4-2-3-6-17-12/h2-7,11,13-14,21H,8-10H2,1H3,(H,18,19,20)/t11?,13?,14-/m0/s1. The Morgan fingerprint density at radius 2 is 2.14 bits per heavy atom. The minimum atomic E-state index is -0.190. The van der Waals surface area contributed by atoms with Gasteiger partial charge in [-0.15, -0.1) is 0 Å². The predicted octanol–water partition coefficient (Wildman–Crippen LogP) is 1.67. The zero-order valence-corrected chi connectivity index (χ0v) is 12.5. The van der Waals surface area contributed by atoms with Gasteiger partial charge in [-0.3, -0.25) is 4.98 Å². The summed E-state index contributed by atoms with van der Waals surface area (Å²) in [7, 11) is 1.58. The molecule has 0 aliphatic heterocycles. The number of nitrogens with one attached hydrogen (secondary N) is 1. The number of aliphatic hydroxyl groups is 1. The Morgan fingerprint density at radius 3 is 2.82 bits per heavy atom. The van der Waals surface area contributed by atoms with E-state index in [1.54, 1.807) is 25.6 Å². The molecule has 0 unspecified atom stereocenters. The van der Waals surface area contributed by atoms with Gasteiger partial charge < -0.3 is 15.2 Å². The van der Waals surface area contributed by atoms with Gasteiger partial charge in [-0.25, -0.2) is 4.98 Å². The summed E-state index contributed by atoms with van der Waals surface area (Å²) in [6.45, 7) is 0. The Balaban J connectivity index is 1.73. The van der Waals surface area contributed by atoms with Gasteiger partial charge in [-0.05, 0) is 30.9 Å². The van der Waals surface area contributed by atoms with Crippen molar-refractivity contribution in [1.29, 1.82) is 0 Å². The van der Waals surface area contributed by atoms with E-state index in [0.717, 1.165) is 25.0 Å². The molecule has 1 aliphatic carbocycles. The molecule has 6 heteroatoms. The molecule has 0 bridgehead atoms. The number of pyridine rings is 1. The van der Waals surface area contributed by atoms with Gasteiger partial charge in [0.15, 0.2) is 0 Å². The minimum absolute atomic E-state index is 0.144. The fourth-order valence-electron chi connectivity index (χ4n) is 2.73. The van der Waals surface area contributed by atoms with E-state index in [0.29, 0.717) is 17.7 Å². The lowest BCUT2D eigenvalue weighted by molar-refractivity contribution is 0.0340. The van der Waals surface area contributed by atoms with Crippen LogP contribution in [0.25, 0.3) is 0 Å². The lowest BCUT2D eigenvalue weighted by Gasteiger charge is -2.38. The highest BCUT2D eigenvalue weighted by molar-refractivity contribution is 5.30. The molecule has 0 spiro atoms. The zero-order chi connectivity index (χ0) is 15.4. The van der Waals surface area contributed by atoms with E-state index in [2.05, 4.69) is 20.3 Å². The van der Waals surface area contributed by atoms with Crippen LogP contribution in [-0.4, -0.2) is 39.3 Å². The fourth-order valence-corrected chi connectivity index (χ4v) is 2.73. The number of anilines is 1. The van der Waals surface area contributed by atoms with Gasteiger partial charge >= 0.3 is 0 Å². The first-order valence-corrected chi connectivity index (χ1v) is 7.46. The largest absolute Gasteiger partial charge is 0.481 e. The first kappa shape index (κ1) is 14.7. The predicted molar refractivity (Wildman–Crippen MR) is 82.7 cm³/mol. The Hall–Kier alpha value is -2.21. The van der Waals surface area contributed by atoms with Crippen LogP contribution in [-0.2, 0) is 6.42 Å². The number of nitrogens with zero attached hydrogens (tertiary/aromatic N) is 3. The molecule has 1 fully saturated rings. The van der Waals surface area contributed by atoms with E-state index < -0.39 is 0 Å². The summed E-state index contributed by atoms with van der Waals surface area (Å²) in [5, 5.41) is 13.0. The summed E-state index contributed by atoms with van der Waals surface area (Å²) >= 11 is 0. The molecule has 2 N–H and O–H groups in total. The lowest BCUT2D eigenvalue weighted by Crippen LogP contribution is -2.42. The molecule has 1 atom stereocenters. The molecule has 0 radical (unpaired) electrons. The van der Waals surface area contributed by atoms with E-state index in [1.165, 1.54) is 0 Å². The van der Waals surface area contributed by atoms with Crippen LogP contribution in [0.2, 0.25) is 0 Å². The van der Waals surface area contributed by atoms with Crippen molar-refractivity contribution in [2.45, 2.75) is 31.4 Å². The first-order chi connectivity index (χ1) is 10.7. The quantitative estimate of drug-likeness (QED) is 0.845. The minimum Gasteiger partial charge on any atom is -0.481 e. The van der Waals surface area contributed by atoms with Gasteiger partial charge in [0.1, 0.15) is 0 Å². The van der Waals surface area contributed by atoms with E-state index in [-0.39, 0.29) is 12.1 Å². The van der Waals surface area contributed by atoms with Crippen molar-refractivity contribution in [1.82, 2.24) is 15.0 Å². The molecule has 2 heterocycles. The van der Waals surface area contributed by atoms with Gasteiger partial charge in [-0.1, -0.05) is 6.07 Å². The van der Waals surface area contributed by atoms with Crippen molar-refractivity contribution < 1.29 is 9.84 Å². The topological polar surface area (TPSA) is 80.2 Å². The third kappa shape index (κ3) is 3.51. The maximum absolute atomic E-state index is 9.59. The van der Waals surface area contributed by atoms with Crippen molar-refractivity contribution in [3.8, 4) is 5.88 Å². The van der Waals surface area contributed by atoms with E-state index in [4.69, 9.17) is 4.74 Å². The van der Waals surface area contributed by atoms with Crippen LogP contribution in [0.3, 0.4) is 0 Å². The van der Waals surface area contributed by atoms with Crippen molar-refractivity contribution in [3.05, 3.63) is 42.4 Å². The molecule has 0 saturated heterocycles. The normalized spacial score (nSPS) is 21.7.